The predicted octanol–water partition coefficient (Wildman–Crippen LogP) is 9.73. The summed E-state index contributed by atoms with van der Waals surface area (Å²) in [6.07, 6.45) is 17.3. The Kier molecular flexibility index (Phi) is 19.5. The minimum Gasteiger partial charge on any atom is -0.494 e. The summed E-state index contributed by atoms with van der Waals surface area (Å²) in [6.45, 7) is 11.0. The van der Waals surface area contributed by atoms with Crippen molar-refractivity contribution in [2.24, 2.45) is 9.39 Å². The summed E-state index contributed by atoms with van der Waals surface area (Å²) in [5.74, 6) is -0.361. The van der Waals surface area contributed by atoms with E-state index in [1.807, 2.05) is 6.08 Å². The number of nitrogens with zero attached hydrogens (tertiary/aromatic N) is 3. The van der Waals surface area contributed by atoms with Gasteiger partial charge in [0, 0.05) is 55.8 Å². The lowest BCUT2D eigenvalue weighted by atomic mass is 9.78. The van der Waals surface area contributed by atoms with E-state index >= 15 is 0 Å². The van der Waals surface area contributed by atoms with Crippen molar-refractivity contribution in [3.63, 3.8) is 0 Å². The average molecular weight is 864 g/mol. The molecule has 0 saturated heterocycles. The molecule has 3 aromatic carbocycles. The summed E-state index contributed by atoms with van der Waals surface area (Å²) >= 11 is 1.70. The molecule has 62 heavy (non-hydrogen) atoms. The Balaban J connectivity index is 0.873. The molecule has 1 saturated carbocycles. The molecule has 2 N–H and O–H groups in total. The maximum absolute atomic E-state index is 13.0. The zero-order valence-corrected chi connectivity index (χ0v) is 37.7. The third-order valence-corrected chi connectivity index (χ3v) is 12.6. The molecule has 5 rings (SSSR count). The monoisotopic (exact) mass is 863 g/mol. The lowest BCUT2D eigenvalue weighted by Crippen LogP contribution is -2.41. The van der Waals surface area contributed by atoms with E-state index in [2.05, 4.69) is 84.7 Å². The predicted molar refractivity (Wildman–Crippen MR) is 252 cm³/mol. The molecule has 0 bridgehead atoms. The van der Waals surface area contributed by atoms with Crippen molar-refractivity contribution in [1.82, 2.24) is 10.2 Å². The highest BCUT2D eigenvalue weighted by Gasteiger charge is 2.40. The summed E-state index contributed by atoms with van der Waals surface area (Å²) in [4.78, 5) is 54.1. The maximum atomic E-state index is 13.0. The van der Waals surface area contributed by atoms with Gasteiger partial charge in [-0.15, -0.1) is 0 Å². The SMILES string of the molecule is C=N/C=C\C(CCc1ccc(C(C)(C)c2ccc(OCCCCCCCCOCCCCNc3ccc4c(c3)C(=O)N(C(C=O)CCC(=O)NC)C4=O)cc2)cc1)=NSC1CC1. The van der Waals surface area contributed by atoms with E-state index < -0.39 is 17.9 Å². The number of carbonyl (C=O) groups is 4. The van der Waals surface area contributed by atoms with Crippen LogP contribution in [0.15, 0.2) is 88.4 Å². The fourth-order valence-corrected chi connectivity index (χ4v) is 8.09. The Morgan fingerprint density at radius 3 is 2.18 bits per heavy atom. The van der Waals surface area contributed by atoms with Gasteiger partial charge in [0.2, 0.25) is 5.91 Å². The van der Waals surface area contributed by atoms with Crippen molar-refractivity contribution >= 4 is 54.1 Å². The molecular weight excluding hydrogens is 799 g/mol. The Bertz CT molecular complexity index is 1990. The van der Waals surface area contributed by atoms with Crippen LogP contribution in [0.3, 0.4) is 0 Å². The number of aliphatic imine (C=N–C) groups is 1. The van der Waals surface area contributed by atoms with Crippen LogP contribution in [-0.4, -0.2) is 86.0 Å². The topological polar surface area (TPSA) is 139 Å². The molecule has 0 radical (unpaired) electrons. The molecule has 1 unspecified atom stereocenters. The zero-order chi connectivity index (χ0) is 44.2. The number of amides is 3. The van der Waals surface area contributed by atoms with Crippen LogP contribution in [0.2, 0.25) is 0 Å². The van der Waals surface area contributed by atoms with Crippen LogP contribution in [0.1, 0.15) is 135 Å². The van der Waals surface area contributed by atoms with Gasteiger partial charge in [0.15, 0.2) is 0 Å². The van der Waals surface area contributed by atoms with Crippen molar-refractivity contribution in [1.29, 1.82) is 0 Å². The summed E-state index contributed by atoms with van der Waals surface area (Å²) in [5.41, 5.74) is 6.06. The normalized spacial score (nSPS) is 14.6. The Morgan fingerprint density at radius 1 is 0.871 bits per heavy atom. The van der Waals surface area contributed by atoms with Crippen LogP contribution >= 0.6 is 11.9 Å². The molecule has 1 heterocycles. The second-order valence-corrected chi connectivity index (χ2v) is 17.7. The molecule has 332 valence electrons. The van der Waals surface area contributed by atoms with Crippen molar-refractivity contribution in [2.75, 3.05) is 38.7 Å². The number of unbranched alkanes of at least 4 members (excludes halogenated alkanes) is 6. The third kappa shape index (κ3) is 14.8. The van der Waals surface area contributed by atoms with Gasteiger partial charge in [0.25, 0.3) is 11.8 Å². The van der Waals surface area contributed by atoms with Crippen LogP contribution in [0, 0.1) is 0 Å². The number of nitrogens with one attached hydrogen (secondary N) is 2. The molecule has 3 aromatic rings. The average Bonchev–Trinajstić information content (AvgIpc) is 4.09. The van der Waals surface area contributed by atoms with Crippen LogP contribution in [-0.2, 0) is 26.2 Å². The van der Waals surface area contributed by atoms with Crippen LogP contribution < -0.4 is 15.4 Å². The molecule has 12 heteroatoms. The molecule has 1 aliphatic carbocycles. The van der Waals surface area contributed by atoms with E-state index in [0.29, 0.717) is 24.7 Å². The van der Waals surface area contributed by atoms with Crippen LogP contribution in [0.4, 0.5) is 5.69 Å². The van der Waals surface area contributed by atoms with Crippen molar-refractivity contribution in [2.45, 2.75) is 120 Å². The van der Waals surface area contributed by atoms with E-state index in [-0.39, 0.29) is 35.3 Å². The highest BCUT2D eigenvalue weighted by molar-refractivity contribution is 7.99. The Hall–Kier alpha value is -5.07. The smallest absolute Gasteiger partial charge is 0.262 e. The number of hydrogen-bond acceptors (Lipinski definition) is 10. The molecule has 2 aliphatic rings. The Morgan fingerprint density at radius 2 is 1.52 bits per heavy atom. The number of ether oxygens (including phenoxy) is 2. The third-order valence-electron chi connectivity index (χ3n) is 11.5. The zero-order valence-electron chi connectivity index (χ0n) is 36.9. The van der Waals surface area contributed by atoms with Crippen molar-refractivity contribution in [3.8, 4) is 5.75 Å². The molecule has 0 spiro atoms. The summed E-state index contributed by atoms with van der Waals surface area (Å²) in [5, 5.41) is 6.49. The number of carbonyl (C=O) groups excluding carboxylic acids is 4. The fourth-order valence-electron chi connectivity index (χ4n) is 7.31. The van der Waals surface area contributed by atoms with Crippen molar-refractivity contribution < 1.29 is 28.7 Å². The van der Waals surface area contributed by atoms with Gasteiger partial charge in [-0.1, -0.05) is 75.9 Å². The van der Waals surface area contributed by atoms with Crippen LogP contribution in [0.5, 0.6) is 5.75 Å². The standard InChI is InChI=1S/C50H65N5O6S/c1-50(2,38-16-13-37(14-17-38)15-20-40(29-31-51-3)54-62-44-25-26-44)39-18-23-43(24-19-39)61-34-11-8-6-5-7-10-32-60-33-12-9-30-53-41-21-27-45-46(35-41)49(59)55(48(45)58)42(36-56)22-28-47(57)52-4/h13-14,16-19,21,23-24,27,29,31,35-36,42,44,53H,3,5-12,15,20,22,25-26,28,30,32-34H2,1-2,4H3,(H,52,57)/b31-29-,54-40?. The van der Waals surface area contributed by atoms with E-state index in [1.165, 1.54) is 49.4 Å². The fraction of sp³-hybridized carbons (Fsp3) is 0.480. The number of allylic oxidation sites excluding steroid dienone is 1. The lowest BCUT2D eigenvalue weighted by Gasteiger charge is -2.26. The number of imide groups is 1. The van der Waals surface area contributed by atoms with Gasteiger partial charge in [0.05, 0.1) is 29.5 Å². The van der Waals surface area contributed by atoms with Gasteiger partial charge >= 0.3 is 0 Å². The van der Waals surface area contributed by atoms with E-state index in [1.54, 1.807) is 36.3 Å². The van der Waals surface area contributed by atoms with Crippen molar-refractivity contribution in [3.05, 3.63) is 107 Å². The summed E-state index contributed by atoms with van der Waals surface area (Å²) in [6, 6.07) is 21.6. The summed E-state index contributed by atoms with van der Waals surface area (Å²) < 4.78 is 16.7. The number of benzene rings is 3. The first-order chi connectivity index (χ1) is 30.1. The minimum atomic E-state index is -0.983. The van der Waals surface area contributed by atoms with E-state index in [9.17, 15) is 19.2 Å². The van der Waals surface area contributed by atoms with Gasteiger partial charge in [0.1, 0.15) is 12.0 Å². The lowest BCUT2D eigenvalue weighted by molar-refractivity contribution is -0.121. The van der Waals surface area contributed by atoms with Gasteiger partial charge < -0.3 is 24.9 Å². The van der Waals surface area contributed by atoms with E-state index in [4.69, 9.17) is 13.9 Å². The van der Waals surface area contributed by atoms with Gasteiger partial charge in [-0.2, -0.15) is 0 Å². The first-order valence-electron chi connectivity index (χ1n) is 22.3. The number of rotatable bonds is 30. The molecule has 1 fully saturated rings. The number of aldehydes is 1. The highest BCUT2D eigenvalue weighted by atomic mass is 32.2. The second-order valence-electron chi connectivity index (χ2n) is 16.6. The van der Waals surface area contributed by atoms with E-state index in [0.717, 1.165) is 86.6 Å². The number of anilines is 1. The molecular formula is C50H65N5O6S. The highest BCUT2D eigenvalue weighted by Crippen LogP contribution is 2.35. The minimum absolute atomic E-state index is 0.0444. The summed E-state index contributed by atoms with van der Waals surface area (Å²) in [7, 11) is 1.50. The molecule has 1 aliphatic heterocycles. The number of aryl methyl sites for hydroxylation is 1. The van der Waals surface area contributed by atoms with Gasteiger partial charge in [-0.3, -0.25) is 24.3 Å². The number of hydrogen-bond donors (Lipinski definition) is 2. The first kappa shape index (κ1) is 48.0. The Labute approximate surface area is 372 Å². The number of fused-ring (bicyclic) bond motifs is 1. The quantitative estimate of drug-likeness (QED) is 0.0222. The molecule has 0 aromatic heterocycles. The second kappa shape index (κ2) is 25.1. The first-order valence-corrected chi connectivity index (χ1v) is 23.2. The maximum Gasteiger partial charge on any atom is 0.262 e. The van der Waals surface area contributed by atoms with Gasteiger partial charge in [-0.25, -0.2) is 4.40 Å². The van der Waals surface area contributed by atoms with Crippen LogP contribution in [0.25, 0.3) is 0 Å². The van der Waals surface area contributed by atoms with Gasteiger partial charge in [-0.05, 0) is 130 Å². The molecule has 1 atom stereocenters. The largest absolute Gasteiger partial charge is 0.494 e. The molecule has 3 amide bonds. The molecule has 11 nitrogen and oxygen atoms in total.